The quantitative estimate of drug-likeness (QED) is 0.0569. The molecule has 0 aliphatic carbocycles. The smallest absolute Gasteiger partial charge is 0.417 e. The van der Waals surface area contributed by atoms with E-state index in [1.165, 1.54) is 63.2 Å². The minimum atomic E-state index is -2.99. The molecule has 3 heterocycles. The summed E-state index contributed by atoms with van der Waals surface area (Å²) in [7, 11) is -2.99. The monoisotopic (exact) mass is 1140 g/mol. The maximum atomic E-state index is 14.4. The first-order valence-corrected chi connectivity index (χ1v) is 30.7. The van der Waals surface area contributed by atoms with Gasteiger partial charge in [-0.15, -0.1) is 0 Å². The fourth-order valence-corrected chi connectivity index (χ4v) is 11.3. The van der Waals surface area contributed by atoms with Gasteiger partial charge in [0.25, 0.3) is 43.8 Å². The molecular formula is C63H62N6O13Si. The van der Waals surface area contributed by atoms with Crippen LogP contribution in [0.15, 0.2) is 103 Å². The van der Waals surface area contributed by atoms with E-state index in [2.05, 4.69) is 16.0 Å². The molecule has 0 bridgehead atoms. The molecule has 9 amide bonds. The Bertz CT molecular complexity index is 3710. The molecule has 0 radical (unpaired) electrons. The number of anilines is 3. The Morgan fingerprint density at radius 2 is 0.747 bits per heavy atom. The van der Waals surface area contributed by atoms with Gasteiger partial charge in [-0.2, -0.15) is 0 Å². The molecule has 10 rings (SSSR count). The molecule has 3 aliphatic heterocycles. The molecule has 0 saturated carbocycles. The number of nitrogens with zero attached hydrogens (tertiary/aromatic N) is 3. The zero-order chi connectivity index (χ0) is 59.2. The molecule has 0 spiro atoms. The zero-order valence-corrected chi connectivity index (χ0v) is 48.3. The van der Waals surface area contributed by atoms with E-state index in [1.54, 1.807) is 54.6 Å². The van der Waals surface area contributed by atoms with E-state index in [4.69, 9.17) is 18.6 Å². The van der Waals surface area contributed by atoms with Crippen molar-refractivity contribution in [2.24, 2.45) is 0 Å². The van der Waals surface area contributed by atoms with Crippen molar-refractivity contribution in [1.82, 2.24) is 14.7 Å². The highest BCUT2D eigenvalue weighted by Gasteiger charge is 2.42. The number of hydrogen-bond donors (Lipinski definition) is 3. The highest BCUT2D eigenvalue weighted by atomic mass is 28.4. The Kier molecular flexibility index (Phi) is 15.4. The van der Waals surface area contributed by atoms with Crippen LogP contribution in [0.4, 0.5) is 31.4 Å². The van der Waals surface area contributed by atoms with Gasteiger partial charge in [-0.1, -0.05) is 97.2 Å². The average Bonchev–Trinajstić information content (AvgIpc) is 2.95. The van der Waals surface area contributed by atoms with E-state index in [9.17, 15) is 43.2 Å². The molecule has 7 aromatic carbocycles. The van der Waals surface area contributed by atoms with Crippen LogP contribution in [0.3, 0.4) is 0 Å². The number of hydrogen-bond acceptors (Lipinski definition) is 13. The summed E-state index contributed by atoms with van der Waals surface area (Å²) in [5.74, 6) is -4.01. The van der Waals surface area contributed by atoms with Gasteiger partial charge in [0.05, 0.1) is 17.1 Å². The molecule has 19 nitrogen and oxygen atoms in total. The molecule has 426 valence electrons. The third-order valence-electron chi connectivity index (χ3n) is 15.7. The second-order valence-corrected chi connectivity index (χ2v) is 26.9. The lowest BCUT2D eigenvalue weighted by atomic mass is 9.93. The maximum absolute atomic E-state index is 14.4. The molecule has 0 unspecified atom stereocenters. The third kappa shape index (κ3) is 10.5. The van der Waals surface area contributed by atoms with Crippen molar-refractivity contribution in [3.63, 3.8) is 0 Å². The van der Waals surface area contributed by atoms with E-state index in [0.717, 1.165) is 19.3 Å². The lowest BCUT2D eigenvalue weighted by Crippen LogP contribution is -2.44. The molecule has 20 heteroatoms. The molecule has 0 saturated heterocycles. The number of amides is 9. The molecular weight excluding hydrogens is 1080 g/mol. The van der Waals surface area contributed by atoms with E-state index in [1.807, 2.05) is 54.6 Å². The fraction of sp³-hybridized carbons (Fsp3) is 0.286. The van der Waals surface area contributed by atoms with Crippen molar-refractivity contribution in [2.45, 2.75) is 98.2 Å². The number of nitrogens with one attached hydrogen (secondary N) is 3. The van der Waals surface area contributed by atoms with Crippen molar-refractivity contribution in [1.29, 1.82) is 0 Å². The summed E-state index contributed by atoms with van der Waals surface area (Å²) in [6.07, 6.45) is 0.908. The first-order valence-electron chi connectivity index (χ1n) is 27.8. The summed E-state index contributed by atoms with van der Waals surface area (Å²) in [6.45, 7) is 16.3. The number of imide groups is 3. The Hall–Kier alpha value is -9.43. The standard InChI is InChI=1S/C63H62N6O13Si/c1-9-12-30-67-54(70)39-21-15-18-36-45(27-24-42(50(36)39)57(67)73)64-60(76)79-35-33-48(80-61(77)65-46-28-25-43-51-37(46)19-16-22-40(51)55(71)68(58(43)74)31-13-10-2)53(82-83(7,8)63(4,5)6)49(34-35)81-62(78)66-47-29-26-44-52-38(47)20-17-23-41(52)56(72)69(59(44)75)32-14-11-3/h15-29,33-34H,9-14,30-32H2,1-8H3,(H,64,76)(H,65,77)(H,66,78). The molecule has 0 aromatic heterocycles. The van der Waals surface area contributed by atoms with Crippen LogP contribution in [0, 0.1) is 0 Å². The normalized spacial score (nSPS) is 14.0. The van der Waals surface area contributed by atoms with Gasteiger partial charge < -0.3 is 18.6 Å². The number of carbonyl (C=O) groups is 9. The van der Waals surface area contributed by atoms with Crippen LogP contribution in [0.1, 0.15) is 142 Å². The van der Waals surface area contributed by atoms with E-state index in [-0.39, 0.29) is 93.1 Å². The summed E-state index contributed by atoms with van der Waals surface area (Å²) in [6, 6.07) is 26.4. The maximum Gasteiger partial charge on any atom is 0.417 e. The topological polar surface area (TPSA) is 236 Å². The van der Waals surface area contributed by atoms with Gasteiger partial charge in [0.2, 0.25) is 0 Å². The van der Waals surface area contributed by atoms with Gasteiger partial charge in [-0.3, -0.25) is 59.4 Å². The van der Waals surface area contributed by atoms with Crippen molar-refractivity contribution >= 4 is 111 Å². The minimum Gasteiger partial charge on any atom is -0.538 e. The lowest BCUT2D eigenvalue weighted by Gasteiger charge is -2.37. The highest BCUT2D eigenvalue weighted by Crippen LogP contribution is 2.48. The zero-order valence-electron chi connectivity index (χ0n) is 47.3. The summed E-state index contributed by atoms with van der Waals surface area (Å²) < 4.78 is 25.0. The number of carbonyl (C=O) groups excluding carboxylic acids is 9. The van der Waals surface area contributed by atoms with Gasteiger partial charge >= 0.3 is 18.3 Å². The van der Waals surface area contributed by atoms with Crippen LogP contribution < -0.4 is 34.6 Å². The van der Waals surface area contributed by atoms with E-state index >= 15 is 0 Å². The van der Waals surface area contributed by atoms with Crippen molar-refractivity contribution in [3.05, 3.63) is 137 Å². The van der Waals surface area contributed by atoms with Crippen LogP contribution in [-0.4, -0.2) is 96.4 Å². The second-order valence-electron chi connectivity index (χ2n) is 22.2. The van der Waals surface area contributed by atoms with Crippen LogP contribution in [-0.2, 0) is 0 Å². The molecule has 7 aromatic rings. The van der Waals surface area contributed by atoms with Gasteiger partial charge in [-0.25, -0.2) is 14.4 Å². The van der Waals surface area contributed by atoms with E-state index < -0.39 is 67.1 Å². The summed E-state index contributed by atoms with van der Waals surface area (Å²) in [4.78, 5) is 129. The van der Waals surface area contributed by atoms with Gasteiger partial charge in [0.15, 0.2) is 17.2 Å². The average molecular weight is 1140 g/mol. The van der Waals surface area contributed by atoms with Crippen molar-refractivity contribution in [2.75, 3.05) is 35.6 Å². The first-order chi connectivity index (χ1) is 39.7. The number of unbranched alkanes of at least 4 members (excludes halogenated alkanes) is 3. The molecule has 0 fully saturated rings. The van der Waals surface area contributed by atoms with Crippen molar-refractivity contribution in [3.8, 4) is 23.0 Å². The molecule has 0 atom stereocenters. The largest absolute Gasteiger partial charge is 0.538 e. The number of ether oxygens (including phenoxy) is 3. The van der Waals surface area contributed by atoms with E-state index in [0.29, 0.717) is 51.6 Å². The SMILES string of the molecule is CCCCN1C(=O)c2cccc3c(NC(=O)Oc4cc(OC(=O)Nc5ccc6c7c(cccc57)C(=O)N(CCCC)C6=O)c(O[Si](C)(C)C(C)(C)C)c(OC(=O)Nc5ccc6c7c(cccc57)C(=O)N(CCCC)C6=O)c4)ccc(c23)C1=O. The summed E-state index contributed by atoms with van der Waals surface area (Å²) in [5.41, 5.74) is 2.27. The van der Waals surface area contributed by atoms with Gasteiger partial charge in [0, 0.05) is 97.5 Å². The van der Waals surface area contributed by atoms with Crippen LogP contribution in [0.5, 0.6) is 23.0 Å². The Morgan fingerprint density at radius 1 is 0.446 bits per heavy atom. The van der Waals surface area contributed by atoms with Gasteiger partial charge in [-0.05, 0) is 92.0 Å². The second kappa shape index (κ2) is 22.5. The number of benzene rings is 7. The Balaban J connectivity index is 1.02. The van der Waals surface area contributed by atoms with Gasteiger partial charge in [0.1, 0.15) is 5.75 Å². The minimum absolute atomic E-state index is 0.184. The molecule has 3 aliphatic rings. The molecule has 83 heavy (non-hydrogen) atoms. The third-order valence-corrected chi connectivity index (χ3v) is 20.0. The first kappa shape index (κ1) is 56.8. The van der Waals surface area contributed by atoms with Crippen molar-refractivity contribution < 1.29 is 61.8 Å². The lowest BCUT2D eigenvalue weighted by molar-refractivity contribution is 0.0593. The Morgan fingerprint density at radius 3 is 1.05 bits per heavy atom. The molecule has 3 N–H and O–H groups in total. The van der Waals surface area contributed by atoms with Crippen LogP contribution in [0.25, 0.3) is 32.3 Å². The highest BCUT2D eigenvalue weighted by molar-refractivity contribution is 6.74. The predicted molar refractivity (Wildman–Crippen MR) is 316 cm³/mol. The van der Waals surface area contributed by atoms with Crippen LogP contribution >= 0.6 is 0 Å². The Labute approximate surface area is 479 Å². The summed E-state index contributed by atoms with van der Waals surface area (Å²) >= 11 is 0. The van der Waals surface area contributed by atoms with Crippen LogP contribution in [0.2, 0.25) is 18.1 Å². The number of rotatable bonds is 17. The fourth-order valence-electron chi connectivity index (χ4n) is 10.3. The summed E-state index contributed by atoms with van der Waals surface area (Å²) in [5, 5.41) is 9.90. The predicted octanol–water partition coefficient (Wildman–Crippen LogP) is 13.6.